The van der Waals surface area contributed by atoms with Gasteiger partial charge in [-0.25, -0.2) is 0 Å². The van der Waals surface area contributed by atoms with Gasteiger partial charge in [0.25, 0.3) is 11.6 Å². The SMILES string of the molecule is O=C(NCC1CCC(O)C1)c1ccc([N+](=O)[O-])c(Cl)c1. The molecule has 0 aromatic heterocycles. The molecule has 108 valence electrons. The Morgan fingerprint density at radius 2 is 2.25 bits per heavy atom. The van der Waals surface area contributed by atoms with Crippen LogP contribution < -0.4 is 5.32 Å². The van der Waals surface area contributed by atoms with Crippen LogP contribution in [0.5, 0.6) is 0 Å². The molecule has 1 aliphatic rings. The van der Waals surface area contributed by atoms with Gasteiger partial charge in [-0.05, 0) is 37.3 Å². The molecule has 1 fully saturated rings. The fraction of sp³-hybridized carbons (Fsp3) is 0.462. The number of rotatable bonds is 4. The second-order valence-electron chi connectivity index (χ2n) is 4.97. The number of benzene rings is 1. The molecule has 2 N–H and O–H groups in total. The predicted molar refractivity (Wildman–Crippen MR) is 73.8 cm³/mol. The van der Waals surface area contributed by atoms with Crippen LogP contribution in [0.25, 0.3) is 0 Å². The van der Waals surface area contributed by atoms with E-state index in [1.54, 1.807) is 0 Å². The molecule has 20 heavy (non-hydrogen) atoms. The Morgan fingerprint density at radius 1 is 1.50 bits per heavy atom. The standard InChI is InChI=1S/C13H15ClN2O4/c14-11-6-9(2-4-12(11)16(19)20)13(18)15-7-8-1-3-10(17)5-8/h2,4,6,8,10,17H,1,3,5,7H2,(H,15,18). The Balaban J connectivity index is 1.95. The van der Waals surface area contributed by atoms with Crippen LogP contribution in [-0.2, 0) is 0 Å². The zero-order valence-corrected chi connectivity index (χ0v) is 11.5. The molecule has 1 saturated carbocycles. The molecule has 1 aromatic rings. The zero-order valence-electron chi connectivity index (χ0n) is 10.7. The Hall–Kier alpha value is -1.66. The van der Waals surface area contributed by atoms with Gasteiger partial charge in [0.05, 0.1) is 11.0 Å². The third-order valence-electron chi connectivity index (χ3n) is 3.47. The maximum absolute atomic E-state index is 11.9. The minimum Gasteiger partial charge on any atom is -0.393 e. The molecule has 0 saturated heterocycles. The van der Waals surface area contributed by atoms with Gasteiger partial charge >= 0.3 is 0 Å². The molecule has 0 heterocycles. The van der Waals surface area contributed by atoms with Crippen molar-refractivity contribution in [1.29, 1.82) is 0 Å². The molecule has 0 bridgehead atoms. The number of nitrogens with one attached hydrogen (secondary N) is 1. The highest BCUT2D eigenvalue weighted by Gasteiger charge is 2.23. The summed E-state index contributed by atoms with van der Waals surface area (Å²) in [6.45, 7) is 0.491. The average molecular weight is 299 g/mol. The van der Waals surface area contributed by atoms with Gasteiger partial charge in [-0.2, -0.15) is 0 Å². The lowest BCUT2D eigenvalue weighted by Gasteiger charge is -2.11. The van der Waals surface area contributed by atoms with Gasteiger partial charge in [0, 0.05) is 18.2 Å². The van der Waals surface area contributed by atoms with Crippen LogP contribution in [0.1, 0.15) is 29.6 Å². The molecule has 0 spiro atoms. The van der Waals surface area contributed by atoms with Crippen molar-refractivity contribution in [3.05, 3.63) is 38.9 Å². The number of nitro benzene ring substituents is 1. The van der Waals surface area contributed by atoms with Crippen LogP contribution in [0.2, 0.25) is 5.02 Å². The van der Waals surface area contributed by atoms with E-state index in [9.17, 15) is 20.0 Å². The number of carbonyl (C=O) groups excluding carboxylic acids is 1. The maximum Gasteiger partial charge on any atom is 0.287 e. The van der Waals surface area contributed by atoms with E-state index in [0.29, 0.717) is 18.5 Å². The first-order valence-electron chi connectivity index (χ1n) is 6.37. The summed E-state index contributed by atoms with van der Waals surface area (Å²) in [5.74, 6) is -0.0364. The van der Waals surface area contributed by atoms with Gasteiger partial charge in [0.15, 0.2) is 0 Å². The summed E-state index contributed by atoms with van der Waals surface area (Å²) in [4.78, 5) is 22.0. The summed E-state index contributed by atoms with van der Waals surface area (Å²) in [7, 11) is 0. The number of carbonyl (C=O) groups is 1. The van der Waals surface area contributed by atoms with Crippen molar-refractivity contribution in [2.75, 3.05) is 6.54 Å². The highest BCUT2D eigenvalue weighted by Crippen LogP contribution is 2.26. The normalized spacial score (nSPS) is 21.7. The van der Waals surface area contributed by atoms with E-state index < -0.39 is 4.92 Å². The summed E-state index contributed by atoms with van der Waals surface area (Å²) >= 11 is 5.76. The van der Waals surface area contributed by atoms with Crippen LogP contribution >= 0.6 is 11.6 Å². The van der Waals surface area contributed by atoms with Gasteiger partial charge in [-0.1, -0.05) is 11.6 Å². The molecule has 6 nitrogen and oxygen atoms in total. The van der Waals surface area contributed by atoms with E-state index in [-0.39, 0.29) is 28.6 Å². The number of nitrogens with zero attached hydrogens (tertiary/aromatic N) is 1. The van der Waals surface area contributed by atoms with Gasteiger partial charge in [0.1, 0.15) is 5.02 Å². The fourth-order valence-electron chi connectivity index (χ4n) is 2.37. The number of nitro groups is 1. The van der Waals surface area contributed by atoms with Crippen molar-refractivity contribution in [2.45, 2.75) is 25.4 Å². The quantitative estimate of drug-likeness (QED) is 0.658. The Morgan fingerprint density at radius 3 is 2.80 bits per heavy atom. The lowest BCUT2D eigenvalue weighted by Crippen LogP contribution is -2.28. The van der Waals surface area contributed by atoms with Crippen molar-refractivity contribution in [1.82, 2.24) is 5.32 Å². The first kappa shape index (κ1) is 14.7. The van der Waals surface area contributed by atoms with E-state index in [0.717, 1.165) is 12.8 Å². The van der Waals surface area contributed by atoms with Crippen LogP contribution in [-0.4, -0.2) is 28.6 Å². The topological polar surface area (TPSA) is 92.5 Å². The number of amides is 1. The summed E-state index contributed by atoms with van der Waals surface area (Å²) in [5.41, 5.74) is 0.0706. The van der Waals surface area contributed by atoms with Crippen LogP contribution in [0.4, 0.5) is 5.69 Å². The molecule has 1 aliphatic carbocycles. The zero-order chi connectivity index (χ0) is 14.7. The molecule has 0 radical (unpaired) electrons. The van der Waals surface area contributed by atoms with E-state index in [1.165, 1.54) is 18.2 Å². The van der Waals surface area contributed by atoms with Gasteiger partial charge < -0.3 is 10.4 Å². The minimum atomic E-state index is -0.593. The summed E-state index contributed by atoms with van der Waals surface area (Å²) < 4.78 is 0. The largest absolute Gasteiger partial charge is 0.393 e. The van der Waals surface area contributed by atoms with Gasteiger partial charge in [-0.3, -0.25) is 14.9 Å². The average Bonchev–Trinajstić information content (AvgIpc) is 2.81. The highest BCUT2D eigenvalue weighted by atomic mass is 35.5. The molecular weight excluding hydrogens is 284 g/mol. The second-order valence-corrected chi connectivity index (χ2v) is 5.37. The minimum absolute atomic E-state index is 0.0565. The number of aliphatic hydroxyl groups is 1. The van der Waals surface area contributed by atoms with Crippen molar-refractivity contribution in [3.8, 4) is 0 Å². The van der Waals surface area contributed by atoms with Gasteiger partial charge in [-0.15, -0.1) is 0 Å². The second kappa shape index (κ2) is 6.19. The van der Waals surface area contributed by atoms with E-state index in [2.05, 4.69) is 5.32 Å². The number of hydrogen-bond donors (Lipinski definition) is 2. The van der Waals surface area contributed by atoms with Crippen molar-refractivity contribution < 1.29 is 14.8 Å². The summed E-state index contributed by atoms with van der Waals surface area (Å²) in [6, 6.07) is 3.89. The molecule has 1 amide bonds. The molecule has 2 rings (SSSR count). The van der Waals surface area contributed by atoms with Crippen molar-refractivity contribution >= 4 is 23.2 Å². The highest BCUT2D eigenvalue weighted by molar-refractivity contribution is 6.33. The summed E-state index contributed by atoms with van der Waals surface area (Å²) in [5, 5.41) is 22.7. The number of hydrogen-bond acceptors (Lipinski definition) is 4. The van der Waals surface area contributed by atoms with E-state index in [4.69, 9.17) is 11.6 Å². The van der Waals surface area contributed by atoms with E-state index in [1.807, 2.05) is 0 Å². The van der Waals surface area contributed by atoms with Crippen molar-refractivity contribution in [2.24, 2.45) is 5.92 Å². The third-order valence-corrected chi connectivity index (χ3v) is 3.77. The molecule has 1 aromatic carbocycles. The Bertz CT molecular complexity index is 535. The lowest BCUT2D eigenvalue weighted by atomic mass is 10.1. The first-order chi connectivity index (χ1) is 9.47. The maximum atomic E-state index is 11.9. The van der Waals surface area contributed by atoms with Crippen LogP contribution in [0.15, 0.2) is 18.2 Å². The molecule has 2 unspecified atom stereocenters. The molecule has 0 aliphatic heterocycles. The Labute approximate surface area is 120 Å². The van der Waals surface area contributed by atoms with Crippen molar-refractivity contribution in [3.63, 3.8) is 0 Å². The monoisotopic (exact) mass is 298 g/mol. The summed E-state index contributed by atoms with van der Waals surface area (Å²) in [6.07, 6.45) is 2.08. The lowest BCUT2D eigenvalue weighted by molar-refractivity contribution is -0.384. The molecular formula is C13H15ClN2O4. The smallest absolute Gasteiger partial charge is 0.287 e. The third kappa shape index (κ3) is 3.46. The first-order valence-corrected chi connectivity index (χ1v) is 6.75. The fourth-order valence-corrected chi connectivity index (χ4v) is 2.62. The molecule has 7 heteroatoms. The number of halogens is 1. The molecule has 2 atom stereocenters. The van der Waals surface area contributed by atoms with Crippen LogP contribution in [0, 0.1) is 16.0 Å². The Kier molecular flexibility index (Phi) is 4.57. The van der Waals surface area contributed by atoms with Crippen LogP contribution in [0.3, 0.4) is 0 Å². The van der Waals surface area contributed by atoms with Gasteiger partial charge in [0.2, 0.25) is 0 Å². The number of aliphatic hydroxyl groups excluding tert-OH is 1. The van der Waals surface area contributed by atoms with E-state index >= 15 is 0 Å². The predicted octanol–water partition coefficient (Wildman–Crippen LogP) is 2.14.